The molecular formula is C30H49N3O4S. The van der Waals surface area contributed by atoms with Crippen LogP contribution < -0.4 is 5.73 Å². The Morgan fingerprint density at radius 1 is 1.16 bits per heavy atom. The second kappa shape index (κ2) is 20.2. The van der Waals surface area contributed by atoms with Crippen molar-refractivity contribution in [2.45, 2.75) is 91.8 Å². The van der Waals surface area contributed by atoms with Crippen molar-refractivity contribution in [2.75, 3.05) is 13.7 Å². The number of aromatic nitrogens is 2. The summed E-state index contributed by atoms with van der Waals surface area (Å²) in [6, 6.07) is 7.41. The molecular weight excluding hydrogens is 498 g/mol. The molecule has 0 saturated carbocycles. The zero-order valence-corrected chi connectivity index (χ0v) is 26.0. The summed E-state index contributed by atoms with van der Waals surface area (Å²) in [5.41, 5.74) is 8.50. The van der Waals surface area contributed by atoms with Gasteiger partial charge < -0.3 is 20.1 Å². The van der Waals surface area contributed by atoms with Gasteiger partial charge in [0.2, 0.25) is 0 Å². The van der Waals surface area contributed by atoms with Crippen molar-refractivity contribution in [2.24, 2.45) is 5.73 Å². The zero-order chi connectivity index (χ0) is 29.9. The number of hydrogen-bond donors (Lipinski definition) is 2. The largest absolute Gasteiger partial charge is 0.480 e. The molecule has 0 aliphatic rings. The maximum Gasteiger partial charge on any atom is 0.319 e. The number of carboxylic acid groups (broad SMARTS) is 1. The summed E-state index contributed by atoms with van der Waals surface area (Å²) in [4.78, 5) is 28.1. The van der Waals surface area contributed by atoms with Crippen molar-refractivity contribution in [3.05, 3.63) is 59.5 Å². The van der Waals surface area contributed by atoms with Gasteiger partial charge in [-0.15, -0.1) is 11.8 Å². The number of hydrogen-bond acceptors (Lipinski definition) is 5. The highest BCUT2D eigenvalue weighted by molar-refractivity contribution is 8.01. The fourth-order valence-corrected chi connectivity index (χ4v) is 3.80. The van der Waals surface area contributed by atoms with Crippen molar-refractivity contribution < 1.29 is 19.4 Å². The second-order valence-electron chi connectivity index (χ2n) is 8.16. The van der Waals surface area contributed by atoms with E-state index in [4.69, 9.17) is 10.5 Å². The van der Waals surface area contributed by atoms with Crippen LogP contribution in [0.1, 0.15) is 84.9 Å². The van der Waals surface area contributed by atoms with E-state index in [1.165, 1.54) is 17.3 Å². The quantitative estimate of drug-likeness (QED) is 0.235. The molecule has 214 valence electrons. The number of carbonyl (C=O) groups excluding carboxylic acids is 1. The second-order valence-corrected chi connectivity index (χ2v) is 9.86. The van der Waals surface area contributed by atoms with Gasteiger partial charge in [0.1, 0.15) is 16.3 Å². The van der Waals surface area contributed by atoms with Gasteiger partial charge in [0.25, 0.3) is 5.91 Å². The number of imidazole rings is 1. The third-order valence-corrected chi connectivity index (χ3v) is 6.24. The number of aliphatic carboxylic acids is 1. The Balaban J connectivity index is 0. The Morgan fingerprint density at radius 3 is 2.13 bits per heavy atom. The van der Waals surface area contributed by atoms with E-state index in [0.29, 0.717) is 24.7 Å². The normalized spacial score (nSPS) is 11.0. The van der Waals surface area contributed by atoms with Crippen LogP contribution in [0.2, 0.25) is 0 Å². The van der Waals surface area contributed by atoms with Crippen molar-refractivity contribution in [1.29, 1.82) is 0 Å². The number of benzene rings is 1. The molecule has 0 radical (unpaired) electrons. The van der Waals surface area contributed by atoms with Gasteiger partial charge in [-0.05, 0) is 53.2 Å². The number of allylic oxidation sites excluding steroid dienone is 4. The van der Waals surface area contributed by atoms with E-state index in [9.17, 15) is 14.7 Å². The smallest absolute Gasteiger partial charge is 0.319 e. The molecule has 1 aromatic carbocycles. The summed E-state index contributed by atoms with van der Waals surface area (Å²) in [6.45, 7) is 20.4. The minimum Gasteiger partial charge on any atom is -0.480 e. The molecule has 0 unspecified atom stereocenters. The molecule has 0 saturated heterocycles. The van der Waals surface area contributed by atoms with Crippen LogP contribution in [0, 0.1) is 6.92 Å². The monoisotopic (exact) mass is 547 g/mol. The molecule has 2 aromatic rings. The molecule has 1 heterocycles. The lowest BCUT2D eigenvalue weighted by Crippen LogP contribution is -2.26. The highest BCUT2D eigenvalue weighted by Gasteiger charge is 2.28. The molecule has 0 atom stereocenters. The zero-order valence-electron chi connectivity index (χ0n) is 25.2. The van der Waals surface area contributed by atoms with Gasteiger partial charge in [0.15, 0.2) is 0 Å². The Morgan fingerprint density at radius 2 is 1.71 bits per heavy atom. The van der Waals surface area contributed by atoms with E-state index in [1.54, 1.807) is 27.9 Å². The Bertz CT molecular complexity index is 1020. The Hall–Kier alpha value is -2.84. The summed E-state index contributed by atoms with van der Waals surface area (Å²) in [7, 11) is 1.61. The van der Waals surface area contributed by atoms with E-state index in [2.05, 4.69) is 44.0 Å². The van der Waals surface area contributed by atoms with E-state index in [0.717, 1.165) is 16.9 Å². The van der Waals surface area contributed by atoms with E-state index >= 15 is 0 Å². The third kappa shape index (κ3) is 12.6. The molecule has 38 heavy (non-hydrogen) atoms. The lowest BCUT2D eigenvalue weighted by Gasteiger charge is -2.18. The van der Waals surface area contributed by atoms with Crippen LogP contribution in [-0.2, 0) is 16.1 Å². The number of carbonyl (C=O) groups is 2. The van der Waals surface area contributed by atoms with E-state index in [1.807, 2.05) is 56.5 Å². The number of nitrogens with zero attached hydrogens (tertiary/aromatic N) is 2. The van der Waals surface area contributed by atoms with E-state index in [-0.39, 0.29) is 5.69 Å². The summed E-state index contributed by atoms with van der Waals surface area (Å²) in [5, 5.41) is 9.25. The standard InChI is InChI=1S/C18H23N3O4S.C8H14.2C2H6/c1-11-14(15(19)22)20-16(21(11)9-10-25-4)12-5-7-13(8-6-12)26-18(2,3)17(23)24;1-4-6-7-8(3)5-2;2*1-2/h5-8H,9-10H2,1-4H3,(H2,19,22)(H,23,24);5-7H,4H2,1-3H3;2*1-2H3/b;7-6-,8-5-;;. The molecule has 1 amide bonds. The topological polar surface area (TPSA) is 107 Å². The van der Waals surface area contributed by atoms with Gasteiger partial charge >= 0.3 is 5.97 Å². The van der Waals surface area contributed by atoms with Crippen LogP contribution in [0.25, 0.3) is 11.4 Å². The van der Waals surface area contributed by atoms with Crippen molar-refractivity contribution in [1.82, 2.24) is 9.55 Å². The lowest BCUT2D eigenvalue weighted by molar-refractivity contribution is -0.138. The maximum absolute atomic E-state index is 11.6. The molecule has 0 spiro atoms. The van der Waals surface area contributed by atoms with Crippen LogP contribution in [0.15, 0.2) is 53.0 Å². The molecule has 0 bridgehead atoms. The van der Waals surface area contributed by atoms with E-state index < -0.39 is 16.6 Å². The SMILES string of the molecule is C/C=C(C)\C=C/CC.CC.CC.COCCn1c(-c2ccc(SC(C)(C)C(=O)O)cc2)nc(C(N)=O)c1C. The predicted octanol–water partition coefficient (Wildman–Crippen LogP) is 7.53. The summed E-state index contributed by atoms with van der Waals surface area (Å²) < 4.78 is 6.11. The first-order valence-corrected chi connectivity index (χ1v) is 14.0. The fraction of sp³-hybridized carbons (Fsp3) is 0.500. The maximum atomic E-state index is 11.6. The number of ether oxygens (including phenoxy) is 1. The Labute approximate surface area is 234 Å². The first-order chi connectivity index (χ1) is 18.0. The number of rotatable bonds is 10. The summed E-state index contributed by atoms with van der Waals surface area (Å²) >= 11 is 1.27. The average Bonchev–Trinajstić information content (AvgIpc) is 3.25. The van der Waals surface area contributed by atoms with Gasteiger partial charge in [0.05, 0.1) is 6.61 Å². The minimum absolute atomic E-state index is 0.238. The fourth-order valence-electron chi connectivity index (χ4n) is 2.85. The molecule has 0 fully saturated rings. The number of primary amides is 1. The van der Waals surface area contributed by atoms with Gasteiger partial charge in [0, 0.05) is 29.8 Å². The Kier molecular flexibility index (Phi) is 19.8. The van der Waals surface area contributed by atoms with Gasteiger partial charge in [-0.2, -0.15) is 0 Å². The van der Waals surface area contributed by atoms with Crippen LogP contribution in [0.5, 0.6) is 0 Å². The summed E-state index contributed by atoms with van der Waals surface area (Å²) in [5.74, 6) is -0.818. The lowest BCUT2D eigenvalue weighted by atomic mass is 10.2. The number of carboxylic acids is 1. The number of methoxy groups -OCH3 is 1. The van der Waals surface area contributed by atoms with Gasteiger partial charge in [-0.1, -0.05) is 70.6 Å². The molecule has 2 rings (SSSR count). The first-order valence-electron chi connectivity index (χ1n) is 13.2. The minimum atomic E-state index is -0.922. The molecule has 7 nitrogen and oxygen atoms in total. The van der Waals surface area contributed by atoms with Crippen LogP contribution in [0.3, 0.4) is 0 Å². The molecule has 0 aliphatic heterocycles. The van der Waals surface area contributed by atoms with Crippen molar-refractivity contribution >= 4 is 23.6 Å². The van der Waals surface area contributed by atoms with Crippen LogP contribution in [-0.4, -0.2) is 45.0 Å². The average molecular weight is 548 g/mol. The number of nitrogens with two attached hydrogens (primary N) is 1. The van der Waals surface area contributed by atoms with Gasteiger partial charge in [-0.3, -0.25) is 9.59 Å². The van der Waals surface area contributed by atoms with Crippen molar-refractivity contribution in [3.63, 3.8) is 0 Å². The highest BCUT2D eigenvalue weighted by atomic mass is 32.2. The number of amides is 1. The highest BCUT2D eigenvalue weighted by Crippen LogP contribution is 2.34. The molecule has 3 N–H and O–H groups in total. The first kappa shape index (κ1) is 37.3. The van der Waals surface area contributed by atoms with Crippen LogP contribution in [0.4, 0.5) is 0 Å². The van der Waals surface area contributed by atoms with Crippen molar-refractivity contribution in [3.8, 4) is 11.4 Å². The predicted molar refractivity (Wildman–Crippen MR) is 162 cm³/mol. The molecule has 1 aromatic heterocycles. The number of thioether (sulfide) groups is 1. The summed E-state index contributed by atoms with van der Waals surface area (Å²) in [6.07, 6.45) is 7.53. The molecule has 0 aliphatic carbocycles. The van der Waals surface area contributed by atoms with Crippen LogP contribution >= 0.6 is 11.8 Å². The molecule has 8 heteroatoms. The van der Waals surface area contributed by atoms with Gasteiger partial charge in [-0.25, -0.2) is 4.98 Å². The third-order valence-electron chi connectivity index (χ3n) is 5.05.